The summed E-state index contributed by atoms with van der Waals surface area (Å²) in [6.07, 6.45) is -0.00280. The van der Waals surface area contributed by atoms with Gasteiger partial charge in [0, 0.05) is 23.4 Å². The molecule has 7 heteroatoms. The average Bonchev–Trinajstić information content (AvgIpc) is 2.66. The zero-order valence-corrected chi connectivity index (χ0v) is 15.1. The first-order valence-electron chi connectivity index (χ1n) is 8.67. The van der Waals surface area contributed by atoms with Crippen LogP contribution in [-0.4, -0.2) is 17.0 Å². The standard InChI is InChI=1S/C21H19NO6/c1-12-15-8-7-14(23)11-17(15)28-21(27)16(12)9-10-18(24)22-19(20(25)26)13-5-3-2-4-6-13/h2-8,11,19,23H,9-10H2,1H3,(H,22,24)(H,25,26)/p-1/t19-/m0/s1. The lowest BCUT2D eigenvalue weighted by Gasteiger charge is -2.20. The fraction of sp³-hybridized carbons (Fsp3) is 0.190. The number of aryl methyl sites for hydroxylation is 1. The summed E-state index contributed by atoms with van der Waals surface area (Å²) in [6, 6.07) is 11.4. The molecule has 0 saturated carbocycles. The average molecular weight is 380 g/mol. The second-order valence-corrected chi connectivity index (χ2v) is 6.40. The number of carboxylic acids is 1. The number of nitrogens with one attached hydrogen (secondary N) is 1. The van der Waals surface area contributed by atoms with Gasteiger partial charge in [0.2, 0.25) is 5.91 Å². The summed E-state index contributed by atoms with van der Waals surface area (Å²) in [7, 11) is 0. The topological polar surface area (TPSA) is 120 Å². The van der Waals surface area contributed by atoms with Crippen molar-refractivity contribution >= 4 is 22.8 Å². The van der Waals surface area contributed by atoms with Gasteiger partial charge in [-0.3, -0.25) is 4.79 Å². The molecule has 0 fully saturated rings. The quantitative estimate of drug-likeness (QED) is 0.623. The number of fused-ring (bicyclic) bond motifs is 1. The summed E-state index contributed by atoms with van der Waals surface area (Å²) in [5.74, 6) is -1.96. The lowest BCUT2D eigenvalue weighted by atomic mass is 10.0. The molecule has 1 amide bonds. The summed E-state index contributed by atoms with van der Waals surface area (Å²) in [5.41, 5.74) is 1.05. The fourth-order valence-corrected chi connectivity index (χ4v) is 3.07. The van der Waals surface area contributed by atoms with E-state index in [9.17, 15) is 24.6 Å². The highest BCUT2D eigenvalue weighted by molar-refractivity contribution is 5.84. The number of benzene rings is 2. The Labute approximate surface area is 160 Å². The van der Waals surface area contributed by atoms with Gasteiger partial charge in [0.15, 0.2) is 0 Å². The van der Waals surface area contributed by atoms with Crippen LogP contribution in [0.3, 0.4) is 0 Å². The Hall–Kier alpha value is -3.61. The second-order valence-electron chi connectivity index (χ2n) is 6.40. The molecular formula is C21H18NO6-. The molecule has 144 valence electrons. The van der Waals surface area contributed by atoms with Crippen LogP contribution in [0.15, 0.2) is 57.7 Å². The maximum atomic E-state index is 12.3. The van der Waals surface area contributed by atoms with Crippen LogP contribution in [0.1, 0.15) is 29.2 Å². The van der Waals surface area contributed by atoms with Gasteiger partial charge in [-0.25, -0.2) is 4.79 Å². The minimum absolute atomic E-state index is 0.0172. The first kappa shape index (κ1) is 19.2. The number of carbonyl (C=O) groups excluding carboxylic acids is 2. The zero-order chi connectivity index (χ0) is 20.3. The van der Waals surface area contributed by atoms with E-state index < -0.39 is 23.5 Å². The minimum atomic E-state index is -1.42. The van der Waals surface area contributed by atoms with Crippen molar-refractivity contribution < 1.29 is 24.2 Å². The predicted octanol–water partition coefficient (Wildman–Crippen LogP) is 1.35. The van der Waals surface area contributed by atoms with E-state index in [1.54, 1.807) is 43.3 Å². The van der Waals surface area contributed by atoms with Gasteiger partial charge in [-0.1, -0.05) is 30.3 Å². The van der Waals surface area contributed by atoms with Crippen LogP contribution in [0, 0.1) is 6.92 Å². The third-order valence-corrected chi connectivity index (χ3v) is 4.55. The SMILES string of the molecule is Cc1c(CCC(=O)N[C@H](C(=O)[O-])c2ccccc2)c(=O)oc2cc(O)ccc12. The van der Waals surface area contributed by atoms with E-state index in [0.717, 1.165) is 0 Å². The van der Waals surface area contributed by atoms with E-state index in [1.807, 2.05) is 0 Å². The maximum absolute atomic E-state index is 12.3. The molecule has 0 radical (unpaired) electrons. The van der Waals surface area contributed by atoms with Crippen molar-refractivity contribution in [1.82, 2.24) is 5.32 Å². The van der Waals surface area contributed by atoms with Crippen molar-refractivity contribution in [3.05, 3.63) is 75.6 Å². The molecule has 1 aromatic heterocycles. The number of phenols is 1. The molecule has 28 heavy (non-hydrogen) atoms. The zero-order valence-electron chi connectivity index (χ0n) is 15.1. The molecule has 3 rings (SSSR count). The van der Waals surface area contributed by atoms with E-state index in [-0.39, 0.29) is 24.2 Å². The molecule has 0 aliphatic carbocycles. The number of carboxylic acid groups (broad SMARTS) is 1. The van der Waals surface area contributed by atoms with E-state index in [2.05, 4.69) is 5.32 Å². The van der Waals surface area contributed by atoms with E-state index in [4.69, 9.17) is 4.42 Å². The number of aliphatic carboxylic acids is 1. The van der Waals surface area contributed by atoms with E-state index >= 15 is 0 Å². The fourth-order valence-electron chi connectivity index (χ4n) is 3.07. The molecule has 2 aromatic carbocycles. The van der Waals surface area contributed by atoms with Crippen LogP contribution in [0.2, 0.25) is 0 Å². The summed E-state index contributed by atoms with van der Waals surface area (Å²) in [5, 5.41) is 24.0. The van der Waals surface area contributed by atoms with Gasteiger partial charge < -0.3 is 24.7 Å². The molecule has 0 bridgehead atoms. The van der Waals surface area contributed by atoms with Crippen LogP contribution in [0.5, 0.6) is 5.75 Å². The van der Waals surface area contributed by atoms with E-state index in [1.165, 1.54) is 12.1 Å². The van der Waals surface area contributed by atoms with Crippen LogP contribution in [-0.2, 0) is 16.0 Å². The predicted molar refractivity (Wildman–Crippen MR) is 99.5 cm³/mol. The molecular weight excluding hydrogens is 362 g/mol. The summed E-state index contributed by atoms with van der Waals surface area (Å²) in [6.45, 7) is 1.73. The summed E-state index contributed by atoms with van der Waals surface area (Å²) < 4.78 is 5.22. The second kappa shape index (κ2) is 7.96. The molecule has 3 aromatic rings. The molecule has 1 heterocycles. The number of phenolic OH excluding ortho intramolecular Hbond substituents is 1. The molecule has 0 aliphatic heterocycles. The number of hydrogen-bond acceptors (Lipinski definition) is 6. The van der Waals surface area contributed by atoms with Gasteiger partial charge >= 0.3 is 5.63 Å². The van der Waals surface area contributed by atoms with Crippen molar-refractivity contribution in [3.63, 3.8) is 0 Å². The smallest absolute Gasteiger partial charge is 0.339 e. The third-order valence-electron chi connectivity index (χ3n) is 4.55. The molecule has 1 atom stereocenters. The van der Waals surface area contributed by atoms with Crippen LogP contribution in [0.25, 0.3) is 11.0 Å². The van der Waals surface area contributed by atoms with Gasteiger partial charge in [0.1, 0.15) is 11.3 Å². The highest BCUT2D eigenvalue weighted by atomic mass is 16.4. The first-order valence-corrected chi connectivity index (χ1v) is 8.67. The third kappa shape index (κ3) is 4.03. The summed E-state index contributed by atoms with van der Waals surface area (Å²) >= 11 is 0. The Balaban J connectivity index is 1.76. The highest BCUT2D eigenvalue weighted by Crippen LogP contribution is 2.24. The van der Waals surface area contributed by atoms with Crippen molar-refractivity contribution in [3.8, 4) is 5.75 Å². The Morgan fingerprint density at radius 1 is 1.18 bits per heavy atom. The van der Waals surface area contributed by atoms with Crippen LogP contribution in [0.4, 0.5) is 0 Å². The highest BCUT2D eigenvalue weighted by Gasteiger charge is 2.17. The molecule has 0 aliphatic rings. The number of carbonyl (C=O) groups is 2. The molecule has 7 nitrogen and oxygen atoms in total. The molecule has 0 unspecified atom stereocenters. The molecule has 2 N–H and O–H groups in total. The van der Waals surface area contributed by atoms with E-state index in [0.29, 0.717) is 22.1 Å². The van der Waals surface area contributed by atoms with Crippen LogP contribution < -0.4 is 16.0 Å². The monoisotopic (exact) mass is 380 g/mol. The minimum Gasteiger partial charge on any atom is -0.548 e. The number of rotatable bonds is 6. The van der Waals surface area contributed by atoms with Crippen LogP contribution >= 0.6 is 0 Å². The lowest BCUT2D eigenvalue weighted by molar-refractivity contribution is -0.308. The van der Waals surface area contributed by atoms with Gasteiger partial charge in [-0.15, -0.1) is 0 Å². The van der Waals surface area contributed by atoms with Gasteiger partial charge in [-0.2, -0.15) is 0 Å². The normalized spacial score (nSPS) is 11.9. The lowest BCUT2D eigenvalue weighted by Crippen LogP contribution is -2.41. The first-order chi connectivity index (χ1) is 13.4. The molecule has 0 spiro atoms. The van der Waals surface area contributed by atoms with Crippen molar-refractivity contribution in [2.45, 2.75) is 25.8 Å². The Bertz CT molecular complexity index is 1090. The molecule has 0 saturated heterocycles. The van der Waals surface area contributed by atoms with Crippen molar-refractivity contribution in [1.29, 1.82) is 0 Å². The number of amides is 1. The van der Waals surface area contributed by atoms with Crippen molar-refractivity contribution in [2.24, 2.45) is 0 Å². The Kier molecular flexibility index (Phi) is 5.44. The Morgan fingerprint density at radius 2 is 1.89 bits per heavy atom. The maximum Gasteiger partial charge on any atom is 0.339 e. The largest absolute Gasteiger partial charge is 0.548 e. The van der Waals surface area contributed by atoms with Gasteiger partial charge in [-0.05, 0) is 36.6 Å². The Morgan fingerprint density at radius 3 is 2.57 bits per heavy atom. The van der Waals surface area contributed by atoms with Gasteiger partial charge in [0.05, 0.1) is 12.0 Å². The summed E-state index contributed by atoms with van der Waals surface area (Å²) in [4.78, 5) is 35.9. The van der Waals surface area contributed by atoms with Crippen molar-refractivity contribution in [2.75, 3.05) is 0 Å². The number of hydrogen-bond donors (Lipinski definition) is 2. The number of aromatic hydroxyl groups is 1. The van der Waals surface area contributed by atoms with Gasteiger partial charge in [0.25, 0.3) is 0 Å².